The first-order chi connectivity index (χ1) is 9.93. The quantitative estimate of drug-likeness (QED) is 0.906. The zero-order valence-electron chi connectivity index (χ0n) is 11.9. The number of hydrogen-bond donors (Lipinski definition) is 2. The molecule has 0 aromatic carbocycles. The predicted molar refractivity (Wildman–Crippen MR) is 80.1 cm³/mol. The highest BCUT2D eigenvalue weighted by atomic mass is 32.1. The molecule has 0 atom stereocenters. The lowest BCUT2D eigenvalue weighted by molar-refractivity contribution is 0.0703. The number of carbonyl (C=O) groups is 2. The monoisotopic (exact) mass is 305 g/mol. The van der Waals surface area contributed by atoms with Gasteiger partial charge in [-0.1, -0.05) is 6.92 Å². The van der Waals surface area contributed by atoms with Crippen molar-refractivity contribution in [3.05, 3.63) is 38.8 Å². The Morgan fingerprint density at radius 2 is 2.05 bits per heavy atom. The number of carboxylic acids is 1. The number of rotatable bonds is 4. The Labute approximate surface area is 125 Å². The van der Waals surface area contributed by atoms with Crippen molar-refractivity contribution >= 4 is 28.9 Å². The summed E-state index contributed by atoms with van der Waals surface area (Å²) < 4.78 is 0. The lowest BCUT2D eigenvalue weighted by Crippen LogP contribution is -2.17. The first-order valence-electron chi connectivity index (χ1n) is 6.40. The Bertz CT molecular complexity index is 709. The van der Waals surface area contributed by atoms with Gasteiger partial charge in [-0.3, -0.25) is 4.79 Å². The zero-order valence-corrected chi connectivity index (χ0v) is 12.7. The number of hydrogen-bond acceptors (Lipinski definition) is 5. The molecule has 21 heavy (non-hydrogen) atoms. The van der Waals surface area contributed by atoms with E-state index < -0.39 is 5.97 Å². The lowest BCUT2D eigenvalue weighted by Gasteiger charge is -2.09. The number of carboxylic acid groups (broad SMARTS) is 1. The van der Waals surface area contributed by atoms with Crippen LogP contribution in [-0.4, -0.2) is 27.2 Å². The van der Waals surface area contributed by atoms with Gasteiger partial charge in [-0.2, -0.15) is 10.2 Å². The highest BCUT2D eigenvalue weighted by Crippen LogP contribution is 2.28. The van der Waals surface area contributed by atoms with E-state index in [-0.39, 0.29) is 10.8 Å². The molecule has 0 fully saturated rings. The first kappa shape index (κ1) is 15.1. The fourth-order valence-electron chi connectivity index (χ4n) is 1.91. The summed E-state index contributed by atoms with van der Waals surface area (Å²) in [5, 5.41) is 21.5. The van der Waals surface area contributed by atoms with Crippen LogP contribution in [0.3, 0.4) is 0 Å². The summed E-state index contributed by atoms with van der Waals surface area (Å²) in [6.07, 6.45) is 0.574. The fourth-order valence-corrected chi connectivity index (χ4v) is 2.75. The van der Waals surface area contributed by atoms with Gasteiger partial charge in [0, 0.05) is 0 Å². The van der Waals surface area contributed by atoms with Gasteiger partial charge in [-0.15, -0.1) is 11.3 Å². The Morgan fingerprint density at radius 3 is 2.67 bits per heavy atom. The van der Waals surface area contributed by atoms with Gasteiger partial charge < -0.3 is 10.4 Å². The number of thiophene rings is 1. The van der Waals surface area contributed by atoms with Crippen LogP contribution >= 0.6 is 11.3 Å². The van der Waals surface area contributed by atoms with Crippen molar-refractivity contribution in [3.8, 4) is 0 Å². The highest BCUT2D eigenvalue weighted by molar-refractivity contribution is 7.12. The van der Waals surface area contributed by atoms with Crippen molar-refractivity contribution in [2.24, 2.45) is 0 Å². The average Bonchev–Trinajstić information content (AvgIpc) is 2.80. The number of aromatic carboxylic acids is 1. The standard InChI is InChI=1S/C14H15N3O3S/c1-4-10-9(5-8(3)16-17-10)13(18)15-11-7(2)6-21-12(11)14(19)20/h5-6H,4H2,1-3H3,(H,15,18)(H,19,20). The molecule has 0 spiro atoms. The van der Waals surface area contributed by atoms with Gasteiger partial charge in [0.2, 0.25) is 0 Å². The van der Waals surface area contributed by atoms with Crippen molar-refractivity contribution in [2.45, 2.75) is 27.2 Å². The first-order valence-corrected chi connectivity index (χ1v) is 7.28. The van der Waals surface area contributed by atoms with Crippen LogP contribution in [-0.2, 0) is 6.42 Å². The van der Waals surface area contributed by atoms with E-state index >= 15 is 0 Å². The number of nitrogens with zero attached hydrogens (tertiary/aromatic N) is 2. The number of amides is 1. The van der Waals surface area contributed by atoms with Gasteiger partial charge >= 0.3 is 5.97 Å². The molecule has 0 saturated heterocycles. The van der Waals surface area contributed by atoms with Crippen LogP contribution in [0.5, 0.6) is 0 Å². The molecule has 1 amide bonds. The summed E-state index contributed by atoms with van der Waals surface area (Å²) >= 11 is 1.09. The molecular weight excluding hydrogens is 290 g/mol. The van der Waals surface area contributed by atoms with Gasteiger partial charge in [-0.25, -0.2) is 4.79 Å². The van der Waals surface area contributed by atoms with Gasteiger partial charge in [0.25, 0.3) is 5.91 Å². The Balaban J connectivity index is 2.37. The molecule has 110 valence electrons. The van der Waals surface area contributed by atoms with Crippen LogP contribution in [0.15, 0.2) is 11.4 Å². The van der Waals surface area contributed by atoms with E-state index in [1.165, 1.54) is 0 Å². The van der Waals surface area contributed by atoms with Crippen molar-refractivity contribution in [3.63, 3.8) is 0 Å². The molecule has 0 radical (unpaired) electrons. The maximum Gasteiger partial charge on any atom is 0.348 e. The number of aromatic nitrogens is 2. The third kappa shape index (κ3) is 3.08. The van der Waals surface area contributed by atoms with Crippen LogP contribution in [0.25, 0.3) is 0 Å². The molecule has 0 aliphatic carbocycles. The topological polar surface area (TPSA) is 92.2 Å². The molecule has 2 heterocycles. The van der Waals surface area contributed by atoms with E-state index in [9.17, 15) is 9.59 Å². The number of nitrogens with one attached hydrogen (secondary N) is 1. The number of anilines is 1. The van der Waals surface area contributed by atoms with Gasteiger partial charge in [0.05, 0.1) is 22.6 Å². The Hall–Kier alpha value is -2.28. The third-order valence-electron chi connectivity index (χ3n) is 2.98. The lowest BCUT2D eigenvalue weighted by atomic mass is 10.1. The molecule has 0 aliphatic rings. The molecule has 7 heteroatoms. The molecular formula is C14H15N3O3S. The van der Waals surface area contributed by atoms with Gasteiger partial charge in [-0.05, 0) is 37.3 Å². The second kappa shape index (κ2) is 6.01. The second-order valence-electron chi connectivity index (χ2n) is 4.58. The zero-order chi connectivity index (χ0) is 15.6. The van der Waals surface area contributed by atoms with Crippen LogP contribution in [0.2, 0.25) is 0 Å². The molecule has 0 unspecified atom stereocenters. The predicted octanol–water partition coefficient (Wildman–Crippen LogP) is 2.67. The second-order valence-corrected chi connectivity index (χ2v) is 5.46. The molecule has 2 aromatic rings. The summed E-state index contributed by atoms with van der Waals surface area (Å²) in [6, 6.07) is 1.66. The van der Waals surface area contributed by atoms with E-state index in [4.69, 9.17) is 5.11 Å². The Kier molecular flexibility index (Phi) is 4.32. The van der Waals surface area contributed by atoms with E-state index in [0.717, 1.165) is 16.9 Å². The third-order valence-corrected chi connectivity index (χ3v) is 4.07. The van der Waals surface area contributed by atoms with Crippen molar-refractivity contribution in [2.75, 3.05) is 5.32 Å². The molecule has 0 aliphatic heterocycles. The molecule has 6 nitrogen and oxygen atoms in total. The average molecular weight is 305 g/mol. The van der Waals surface area contributed by atoms with Crippen molar-refractivity contribution in [1.29, 1.82) is 0 Å². The van der Waals surface area contributed by atoms with E-state index in [1.54, 1.807) is 25.3 Å². The SMILES string of the molecule is CCc1nnc(C)cc1C(=O)Nc1c(C)csc1C(=O)O. The van der Waals surface area contributed by atoms with E-state index in [2.05, 4.69) is 15.5 Å². The molecule has 0 bridgehead atoms. The minimum atomic E-state index is -1.05. The molecule has 0 saturated carbocycles. The molecule has 2 N–H and O–H groups in total. The van der Waals surface area contributed by atoms with E-state index in [1.807, 2.05) is 6.92 Å². The van der Waals surface area contributed by atoms with Crippen LogP contribution < -0.4 is 5.32 Å². The summed E-state index contributed by atoms with van der Waals surface area (Å²) in [7, 11) is 0. The maximum atomic E-state index is 12.4. The Morgan fingerprint density at radius 1 is 1.33 bits per heavy atom. The summed E-state index contributed by atoms with van der Waals surface area (Å²) in [5.41, 5.74) is 2.71. The number of aryl methyl sites for hydroxylation is 3. The largest absolute Gasteiger partial charge is 0.477 e. The van der Waals surface area contributed by atoms with Crippen LogP contribution in [0.1, 0.15) is 43.9 Å². The van der Waals surface area contributed by atoms with Crippen molar-refractivity contribution < 1.29 is 14.7 Å². The van der Waals surface area contributed by atoms with Gasteiger partial charge in [0.1, 0.15) is 4.88 Å². The summed E-state index contributed by atoms with van der Waals surface area (Å²) in [4.78, 5) is 23.7. The molecule has 2 rings (SSSR count). The van der Waals surface area contributed by atoms with E-state index in [0.29, 0.717) is 29.1 Å². The van der Waals surface area contributed by atoms with Gasteiger partial charge in [0.15, 0.2) is 0 Å². The molecule has 2 aromatic heterocycles. The smallest absolute Gasteiger partial charge is 0.348 e. The minimum absolute atomic E-state index is 0.123. The van der Waals surface area contributed by atoms with Crippen LogP contribution in [0, 0.1) is 13.8 Å². The van der Waals surface area contributed by atoms with Crippen LogP contribution in [0.4, 0.5) is 5.69 Å². The fraction of sp³-hybridized carbons (Fsp3) is 0.286. The minimum Gasteiger partial charge on any atom is -0.477 e. The normalized spacial score (nSPS) is 10.4. The van der Waals surface area contributed by atoms with Crippen molar-refractivity contribution in [1.82, 2.24) is 10.2 Å². The highest BCUT2D eigenvalue weighted by Gasteiger charge is 2.20. The number of carbonyl (C=O) groups excluding carboxylic acids is 1. The summed E-state index contributed by atoms with van der Waals surface area (Å²) in [5.74, 6) is -1.42. The maximum absolute atomic E-state index is 12.4. The summed E-state index contributed by atoms with van der Waals surface area (Å²) in [6.45, 7) is 5.39.